The number of sulfonamides is 1. The van der Waals surface area contributed by atoms with Crippen LogP contribution >= 0.6 is 0 Å². The molecular formula is C14H11FN2O4S. The Morgan fingerprint density at radius 2 is 1.86 bits per heavy atom. The number of nitrogens with two attached hydrogens (primary N) is 1. The van der Waals surface area contributed by atoms with E-state index in [0.717, 1.165) is 12.1 Å². The maximum atomic E-state index is 13.6. The summed E-state index contributed by atoms with van der Waals surface area (Å²) < 4.78 is 36.4. The van der Waals surface area contributed by atoms with Crippen molar-refractivity contribution in [3.8, 4) is 0 Å². The Hall–Kier alpha value is -2.29. The van der Waals surface area contributed by atoms with Crippen molar-refractivity contribution in [2.75, 3.05) is 0 Å². The number of fused-ring (bicyclic) bond motifs is 1. The smallest absolute Gasteiger partial charge is 0.254 e. The van der Waals surface area contributed by atoms with E-state index in [1.54, 1.807) is 12.1 Å². The van der Waals surface area contributed by atoms with Gasteiger partial charge in [0.25, 0.3) is 5.91 Å². The molecule has 4 N–H and O–H groups in total. The predicted octanol–water partition coefficient (Wildman–Crippen LogP) is 0.410. The summed E-state index contributed by atoms with van der Waals surface area (Å²) in [4.78, 5) is 11.2. The van der Waals surface area contributed by atoms with E-state index in [4.69, 9.17) is 5.14 Å². The standard InChI is InChI=1S/C14H11FN2O4S/c15-11-6-5-8(7-12(11)22(16,20)21)14(19)10-4-2-1-3-9(10)13(18)17-14/h1-7,19H,(H,17,18)(H2,16,20,21). The molecule has 0 saturated heterocycles. The number of hydrogen-bond acceptors (Lipinski definition) is 4. The number of carbonyl (C=O) groups is 1. The van der Waals surface area contributed by atoms with Gasteiger partial charge in [0, 0.05) is 16.7 Å². The van der Waals surface area contributed by atoms with E-state index in [1.807, 2.05) is 0 Å². The quantitative estimate of drug-likeness (QED) is 0.744. The van der Waals surface area contributed by atoms with Crippen LogP contribution in [-0.4, -0.2) is 19.4 Å². The lowest BCUT2D eigenvalue weighted by Crippen LogP contribution is -2.40. The third-order valence-corrected chi connectivity index (χ3v) is 4.44. The number of aliphatic hydroxyl groups is 1. The van der Waals surface area contributed by atoms with Crippen molar-refractivity contribution in [2.24, 2.45) is 5.14 Å². The zero-order chi connectivity index (χ0) is 16.1. The SMILES string of the molecule is NS(=O)(=O)c1cc(C2(O)NC(=O)c3ccccc32)ccc1F. The zero-order valence-electron chi connectivity index (χ0n) is 11.1. The maximum absolute atomic E-state index is 13.6. The van der Waals surface area contributed by atoms with E-state index in [9.17, 15) is 22.7 Å². The molecule has 8 heteroatoms. The Labute approximate surface area is 125 Å². The molecule has 1 atom stereocenters. The number of amides is 1. The van der Waals surface area contributed by atoms with E-state index in [2.05, 4.69) is 5.32 Å². The van der Waals surface area contributed by atoms with Crippen molar-refractivity contribution in [3.05, 3.63) is 65.0 Å². The van der Waals surface area contributed by atoms with Gasteiger partial charge in [-0.05, 0) is 18.2 Å². The van der Waals surface area contributed by atoms with Crippen molar-refractivity contribution in [1.29, 1.82) is 0 Å². The van der Waals surface area contributed by atoms with Gasteiger partial charge in [-0.25, -0.2) is 17.9 Å². The van der Waals surface area contributed by atoms with Crippen molar-refractivity contribution in [2.45, 2.75) is 10.6 Å². The Bertz CT molecular complexity index is 897. The summed E-state index contributed by atoms with van der Waals surface area (Å²) in [5.74, 6) is -1.55. The number of nitrogens with one attached hydrogen (secondary N) is 1. The average molecular weight is 322 g/mol. The van der Waals surface area contributed by atoms with Crippen LogP contribution in [0.2, 0.25) is 0 Å². The van der Waals surface area contributed by atoms with Crippen molar-refractivity contribution < 1.29 is 22.7 Å². The largest absolute Gasteiger partial charge is 0.363 e. The molecule has 2 aromatic carbocycles. The fraction of sp³-hybridized carbons (Fsp3) is 0.0714. The predicted molar refractivity (Wildman–Crippen MR) is 74.7 cm³/mol. The summed E-state index contributed by atoms with van der Waals surface area (Å²) in [5, 5.41) is 18.1. The first-order valence-electron chi connectivity index (χ1n) is 6.21. The van der Waals surface area contributed by atoms with Gasteiger partial charge >= 0.3 is 0 Å². The molecule has 114 valence electrons. The number of hydrogen-bond donors (Lipinski definition) is 3. The lowest BCUT2D eigenvalue weighted by atomic mass is 9.94. The van der Waals surface area contributed by atoms with Gasteiger partial charge in [-0.3, -0.25) is 4.79 Å². The molecule has 0 spiro atoms. The highest BCUT2D eigenvalue weighted by Gasteiger charge is 2.43. The third-order valence-electron chi connectivity index (χ3n) is 3.51. The number of carbonyl (C=O) groups excluding carboxylic acids is 1. The second-order valence-electron chi connectivity index (χ2n) is 4.90. The van der Waals surface area contributed by atoms with Crippen LogP contribution in [0.1, 0.15) is 21.5 Å². The number of rotatable bonds is 2. The lowest BCUT2D eigenvalue weighted by Gasteiger charge is -2.25. The van der Waals surface area contributed by atoms with Crippen molar-refractivity contribution in [1.82, 2.24) is 5.32 Å². The Kier molecular flexibility index (Phi) is 3.06. The molecule has 0 fully saturated rings. The van der Waals surface area contributed by atoms with E-state index in [-0.39, 0.29) is 16.7 Å². The average Bonchev–Trinajstić information content (AvgIpc) is 2.71. The Morgan fingerprint density at radius 1 is 1.18 bits per heavy atom. The summed E-state index contributed by atoms with van der Waals surface area (Å²) in [6, 6.07) is 9.26. The highest BCUT2D eigenvalue weighted by Crippen LogP contribution is 2.35. The van der Waals surface area contributed by atoms with Crippen LogP contribution in [0.15, 0.2) is 47.4 Å². The van der Waals surface area contributed by atoms with Gasteiger partial charge in [0.15, 0.2) is 5.72 Å². The molecule has 3 rings (SSSR count). The molecule has 0 saturated carbocycles. The van der Waals surface area contributed by atoms with Crippen molar-refractivity contribution >= 4 is 15.9 Å². The lowest BCUT2D eigenvalue weighted by molar-refractivity contribution is 0.0474. The number of primary sulfonamides is 1. The molecule has 0 aromatic heterocycles. The maximum Gasteiger partial charge on any atom is 0.254 e. The van der Waals surface area contributed by atoms with Crippen LogP contribution in [0, 0.1) is 5.82 Å². The molecule has 1 aliphatic rings. The monoisotopic (exact) mass is 322 g/mol. The van der Waals surface area contributed by atoms with Crippen LogP contribution in [0.3, 0.4) is 0 Å². The molecule has 0 aliphatic carbocycles. The fourth-order valence-electron chi connectivity index (χ4n) is 2.47. The summed E-state index contributed by atoms with van der Waals surface area (Å²) >= 11 is 0. The summed E-state index contributed by atoms with van der Waals surface area (Å²) in [7, 11) is -4.30. The van der Waals surface area contributed by atoms with Gasteiger partial charge in [-0.15, -0.1) is 0 Å². The summed E-state index contributed by atoms with van der Waals surface area (Å²) in [6.45, 7) is 0. The zero-order valence-corrected chi connectivity index (χ0v) is 11.9. The summed E-state index contributed by atoms with van der Waals surface area (Å²) in [6.07, 6.45) is 0. The minimum atomic E-state index is -4.30. The van der Waals surface area contributed by atoms with Gasteiger partial charge in [-0.1, -0.05) is 24.3 Å². The molecule has 22 heavy (non-hydrogen) atoms. The van der Waals surface area contributed by atoms with E-state index in [0.29, 0.717) is 0 Å². The second kappa shape index (κ2) is 4.60. The Morgan fingerprint density at radius 3 is 2.55 bits per heavy atom. The highest BCUT2D eigenvalue weighted by molar-refractivity contribution is 7.89. The first-order chi connectivity index (χ1) is 10.2. The number of benzene rings is 2. The molecule has 2 aromatic rings. The highest BCUT2D eigenvalue weighted by atomic mass is 32.2. The van der Waals surface area contributed by atoms with Gasteiger partial charge < -0.3 is 10.4 Å². The van der Waals surface area contributed by atoms with E-state index >= 15 is 0 Å². The summed E-state index contributed by atoms with van der Waals surface area (Å²) in [5.41, 5.74) is -1.43. The normalized spacial score (nSPS) is 20.6. The molecule has 1 amide bonds. The second-order valence-corrected chi connectivity index (χ2v) is 6.43. The number of halogens is 1. The van der Waals surface area contributed by atoms with Crippen LogP contribution in [-0.2, 0) is 15.7 Å². The van der Waals surface area contributed by atoms with Crippen LogP contribution in [0.4, 0.5) is 4.39 Å². The minimum Gasteiger partial charge on any atom is -0.363 e. The molecule has 0 radical (unpaired) electrons. The van der Waals surface area contributed by atoms with Gasteiger partial charge in [0.2, 0.25) is 10.0 Å². The molecule has 6 nitrogen and oxygen atoms in total. The molecule has 0 bridgehead atoms. The van der Waals surface area contributed by atoms with E-state index < -0.39 is 32.4 Å². The third kappa shape index (κ3) is 2.08. The topological polar surface area (TPSA) is 109 Å². The molecule has 1 unspecified atom stereocenters. The molecule has 1 heterocycles. The van der Waals surface area contributed by atoms with E-state index in [1.165, 1.54) is 18.2 Å². The first kappa shape index (κ1) is 14.6. The van der Waals surface area contributed by atoms with Crippen molar-refractivity contribution in [3.63, 3.8) is 0 Å². The van der Waals surface area contributed by atoms with Crippen LogP contribution in [0.25, 0.3) is 0 Å². The van der Waals surface area contributed by atoms with Crippen LogP contribution in [0.5, 0.6) is 0 Å². The molecular weight excluding hydrogens is 311 g/mol. The van der Waals surface area contributed by atoms with Gasteiger partial charge in [0.05, 0.1) is 0 Å². The van der Waals surface area contributed by atoms with Gasteiger partial charge in [0.1, 0.15) is 10.7 Å². The first-order valence-corrected chi connectivity index (χ1v) is 7.75. The van der Waals surface area contributed by atoms with Gasteiger partial charge in [-0.2, -0.15) is 0 Å². The Balaban J connectivity index is 2.23. The molecule has 1 aliphatic heterocycles. The minimum absolute atomic E-state index is 0.00350. The van der Waals surface area contributed by atoms with Crippen LogP contribution < -0.4 is 10.5 Å². The fourth-order valence-corrected chi connectivity index (χ4v) is 3.10.